The molecule has 88 valence electrons. The van der Waals surface area contributed by atoms with Gasteiger partial charge in [-0.05, 0) is 24.6 Å². The van der Waals surface area contributed by atoms with Gasteiger partial charge in [0.25, 0.3) is 0 Å². The fraction of sp³-hybridized carbons (Fsp3) is 0.308. The molecule has 0 spiro atoms. The molecule has 4 heteroatoms. The minimum atomic E-state index is 0.644. The number of fused-ring (bicyclic) bond motifs is 1. The standard InChI is InChI=1S/C13H15N3O/c1-17-12-3-2-10-11(8-15-13(10)16-12)9-4-6-14-7-5-9/h2-4,8,14H,5-7H2,1H3,(H,15,16). The van der Waals surface area contributed by atoms with E-state index in [-0.39, 0.29) is 0 Å². The number of aromatic amines is 1. The maximum absolute atomic E-state index is 5.12. The lowest BCUT2D eigenvalue weighted by Crippen LogP contribution is -2.19. The van der Waals surface area contributed by atoms with Gasteiger partial charge in [-0.3, -0.25) is 0 Å². The van der Waals surface area contributed by atoms with Crippen LogP contribution in [0.3, 0.4) is 0 Å². The molecule has 3 heterocycles. The molecule has 17 heavy (non-hydrogen) atoms. The first-order valence-corrected chi connectivity index (χ1v) is 5.81. The fourth-order valence-electron chi connectivity index (χ4n) is 2.23. The first-order valence-electron chi connectivity index (χ1n) is 5.81. The minimum absolute atomic E-state index is 0.644. The van der Waals surface area contributed by atoms with Crippen molar-refractivity contribution in [2.75, 3.05) is 20.2 Å². The second-order valence-corrected chi connectivity index (χ2v) is 4.14. The fourth-order valence-corrected chi connectivity index (χ4v) is 2.23. The second kappa shape index (κ2) is 4.22. The summed E-state index contributed by atoms with van der Waals surface area (Å²) >= 11 is 0. The number of hydrogen-bond acceptors (Lipinski definition) is 3. The Morgan fingerprint density at radius 2 is 2.29 bits per heavy atom. The zero-order valence-electron chi connectivity index (χ0n) is 9.79. The highest BCUT2D eigenvalue weighted by molar-refractivity contribution is 5.91. The molecular weight excluding hydrogens is 214 g/mol. The average Bonchev–Trinajstić information content (AvgIpc) is 2.82. The molecule has 0 atom stereocenters. The van der Waals surface area contributed by atoms with Gasteiger partial charge in [0.05, 0.1) is 7.11 Å². The number of methoxy groups -OCH3 is 1. The predicted octanol–water partition coefficient (Wildman–Crippen LogP) is 1.95. The van der Waals surface area contributed by atoms with Crippen LogP contribution in [0.5, 0.6) is 5.88 Å². The average molecular weight is 229 g/mol. The molecule has 3 rings (SSSR count). The lowest BCUT2D eigenvalue weighted by atomic mass is 10.0. The molecule has 0 aromatic carbocycles. The summed E-state index contributed by atoms with van der Waals surface area (Å²) in [5.74, 6) is 0.644. The molecule has 0 aliphatic carbocycles. The summed E-state index contributed by atoms with van der Waals surface area (Å²) in [6.45, 7) is 1.99. The lowest BCUT2D eigenvalue weighted by Gasteiger charge is -2.13. The zero-order chi connectivity index (χ0) is 11.7. The van der Waals surface area contributed by atoms with Gasteiger partial charge in [-0.15, -0.1) is 0 Å². The van der Waals surface area contributed by atoms with Crippen LogP contribution in [0.25, 0.3) is 16.6 Å². The van der Waals surface area contributed by atoms with Gasteiger partial charge in [-0.1, -0.05) is 6.08 Å². The van der Waals surface area contributed by atoms with Gasteiger partial charge in [-0.25, -0.2) is 0 Å². The SMILES string of the molecule is COc1ccc2c(C3=CCNCC3)c[nH]c2n1. The number of aromatic nitrogens is 2. The molecule has 0 bridgehead atoms. The van der Waals surface area contributed by atoms with Gasteiger partial charge in [0.2, 0.25) is 5.88 Å². The number of nitrogens with one attached hydrogen (secondary N) is 2. The van der Waals surface area contributed by atoms with Crippen molar-refractivity contribution < 1.29 is 4.74 Å². The molecule has 1 aliphatic rings. The molecular formula is C13H15N3O. The zero-order valence-corrected chi connectivity index (χ0v) is 9.79. The molecule has 2 N–H and O–H groups in total. The molecule has 4 nitrogen and oxygen atoms in total. The van der Waals surface area contributed by atoms with E-state index in [2.05, 4.69) is 27.4 Å². The molecule has 2 aromatic heterocycles. The van der Waals surface area contributed by atoms with Crippen LogP contribution in [-0.4, -0.2) is 30.2 Å². The Morgan fingerprint density at radius 1 is 1.35 bits per heavy atom. The molecule has 0 fully saturated rings. The maximum atomic E-state index is 5.12. The van der Waals surface area contributed by atoms with Crippen molar-refractivity contribution in [2.24, 2.45) is 0 Å². The smallest absolute Gasteiger partial charge is 0.214 e. The summed E-state index contributed by atoms with van der Waals surface area (Å²) in [6, 6.07) is 3.97. The Bertz CT molecular complexity index is 571. The van der Waals surface area contributed by atoms with Crippen LogP contribution in [0.1, 0.15) is 12.0 Å². The summed E-state index contributed by atoms with van der Waals surface area (Å²) in [7, 11) is 1.63. The number of rotatable bonds is 2. The van der Waals surface area contributed by atoms with E-state index in [0.717, 1.165) is 25.2 Å². The number of ether oxygens (including phenoxy) is 1. The van der Waals surface area contributed by atoms with Gasteiger partial charge >= 0.3 is 0 Å². The van der Waals surface area contributed by atoms with Crippen LogP contribution in [-0.2, 0) is 0 Å². The van der Waals surface area contributed by atoms with Gasteiger partial charge in [0, 0.05) is 29.8 Å². The Balaban J connectivity index is 2.08. The monoisotopic (exact) mass is 229 g/mol. The highest BCUT2D eigenvalue weighted by Crippen LogP contribution is 2.28. The third-order valence-electron chi connectivity index (χ3n) is 3.13. The Morgan fingerprint density at radius 3 is 3.06 bits per heavy atom. The number of nitrogens with zero attached hydrogens (tertiary/aromatic N) is 1. The van der Waals surface area contributed by atoms with E-state index in [0.29, 0.717) is 5.88 Å². The van der Waals surface area contributed by atoms with Crippen molar-refractivity contribution in [3.63, 3.8) is 0 Å². The van der Waals surface area contributed by atoms with Gasteiger partial charge < -0.3 is 15.0 Å². The van der Waals surface area contributed by atoms with Crippen LogP contribution < -0.4 is 10.1 Å². The van der Waals surface area contributed by atoms with E-state index in [9.17, 15) is 0 Å². The number of hydrogen-bond donors (Lipinski definition) is 2. The molecule has 0 unspecified atom stereocenters. The van der Waals surface area contributed by atoms with Crippen molar-refractivity contribution in [2.45, 2.75) is 6.42 Å². The third kappa shape index (κ3) is 1.80. The Labute approximate surface area is 99.7 Å². The first kappa shape index (κ1) is 10.4. The third-order valence-corrected chi connectivity index (χ3v) is 3.13. The summed E-state index contributed by atoms with van der Waals surface area (Å²) < 4.78 is 5.12. The quantitative estimate of drug-likeness (QED) is 0.827. The van der Waals surface area contributed by atoms with Crippen molar-refractivity contribution in [1.82, 2.24) is 15.3 Å². The van der Waals surface area contributed by atoms with Crippen molar-refractivity contribution >= 4 is 16.6 Å². The van der Waals surface area contributed by atoms with Gasteiger partial charge in [0.15, 0.2) is 0 Å². The molecule has 0 saturated heterocycles. The maximum Gasteiger partial charge on any atom is 0.214 e. The summed E-state index contributed by atoms with van der Waals surface area (Å²) in [4.78, 5) is 7.60. The van der Waals surface area contributed by atoms with Crippen molar-refractivity contribution in [1.29, 1.82) is 0 Å². The molecule has 0 radical (unpaired) electrons. The summed E-state index contributed by atoms with van der Waals surface area (Å²) in [5.41, 5.74) is 3.54. The summed E-state index contributed by atoms with van der Waals surface area (Å²) in [6.07, 6.45) is 5.35. The molecule has 2 aromatic rings. The number of pyridine rings is 1. The second-order valence-electron chi connectivity index (χ2n) is 4.14. The Hall–Kier alpha value is -1.81. The topological polar surface area (TPSA) is 49.9 Å². The van der Waals surface area contributed by atoms with Gasteiger partial charge in [0.1, 0.15) is 5.65 Å². The van der Waals surface area contributed by atoms with E-state index in [1.807, 2.05) is 12.3 Å². The molecule has 1 aliphatic heterocycles. The van der Waals surface area contributed by atoms with Crippen LogP contribution in [0.2, 0.25) is 0 Å². The normalized spacial score (nSPS) is 15.9. The van der Waals surface area contributed by atoms with Gasteiger partial charge in [-0.2, -0.15) is 4.98 Å². The highest BCUT2D eigenvalue weighted by atomic mass is 16.5. The van der Waals surface area contributed by atoms with Crippen LogP contribution in [0, 0.1) is 0 Å². The minimum Gasteiger partial charge on any atom is -0.481 e. The van der Waals surface area contributed by atoms with Crippen LogP contribution in [0.15, 0.2) is 24.4 Å². The highest BCUT2D eigenvalue weighted by Gasteiger charge is 2.11. The largest absolute Gasteiger partial charge is 0.481 e. The van der Waals surface area contributed by atoms with Crippen molar-refractivity contribution in [3.8, 4) is 5.88 Å². The molecule has 0 saturated carbocycles. The van der Waals surface area contributed by atoms with E-state index >= 15 is 0 Å². The summed E-state index contributed by atoms with van der Waals surface area (Å²) in [5, 5.41) is 4.49. The van der Waals surface area contributed by atoms with E-state index in [1.165, 1.54) is 16.5 Å². The van der Waals surface area contributed by atoms with Crippen LogP contribution >= 0.6 is 0 Å². The van der Waals surface area contributed by atoms with E-state index < -0.39 is 0 Å². The van der Waals surface area contributed by atoms with Crippen molar-refractivity contribution in [3.05, 3.63) is 30.0 Å². The number of H-pyrrole nitrogens is 1. The lowest BCUT2D eigenvalue weighted by molar-refractivity contribution is 0.399. The first-order chi connectivity index (χ1) is 8.38. The van der Waals surface area contributed by atoms with E-state index in [4.69, 9.17) is 4.74 Å². The molecule has 0 amide bonds. The van der Waals surface area contributed by atoms with E-state index in [1.54, 1.807) is 7.11 Å². The predicted molar refractivity (Wildman–Crippen MR) is 68.1 cm³/mol. The Kier molecular flexibility index (Phi) is 2.57. The van der Waals surface area contributed by atoms with Crippen LogP contribution in [0.4, 0.5) is 0 Å².